The van der Waals surface area contributed by atoms with Gasteiger partial charge in [-0.15, -0.1) is 0 Å². The maximum atomic E-state index is 12.0. The van der Waals surface area contributed by atoms with Gasteiger partial charge in [0.1, 0.15) is 5.58 Å². The lowest BCUT2D eigenvalue weighted by molar-refractivity contribution is 0.0873. The first-order chi connectivity index (χ1) is 8.52. The van der Waals surface area contributed by atoms with Crippen LogP contribution >= 0.6 is 0 Å². The lowest BCUT2D eigenvalue weighted by Gasteiger charge is -2.24. The van der Waals surface area contributed by atoms with Crippen LogP contribution in [-0.2, 0) is 0 Å². The molecule has 2 rings (SSSR count). The summed E-state index contributed by atoms with van der Waals surface area (Å²) in [4.78, 5) is 12.0. The molecule has 1 amide bonds. The van der Waals surface area contributed by atoms with Gasteiger partial charge in [-0.2, -0.15) is 0 Å². The SMILES string of the molecule is CC(C)(CCO)NC(=O)c1cc2ccccc2o1. The molecule has 2 N–H and O–H groups in total. The van der Waals surface area contributed by atoms with Crippen LogP contribution in [0.1, 0.15) is 30.8 Å². The van der Waals surface area contributed by atoms with Crippen molar-refractivity contribution in [2.75, 3.05) is 6.61 Å². The number of rotatable bonds is 4. The molecule has 2 aromatic rings. The van der Waals surface area contributed by atoms with E-state index in [1.165, 1.54) is 0 Å². The minimum Gasteiger partial charge on any atom is -0.451 e. The summed E-state index contributed by atoms with van der Waals surface area (Å²) in [5, 5.41) is 12.7. The molecule has 0 saturated carbocycles. The van der Waals surface area contributed by atoms with E-state index in [2.05, 4.69) is 5.32 Å². The van der Waals surface area contributed by atoms with Crippen molar-refractivity contribution in [2.45, 2.75) is 25.8 Å². The molecule has 1 aromatic carbocycles. The fourth-order valence-electron chi connectivity index (χ4n) is 1.80. The Morgan fingerprint density at radius 2 is 2.11 bits per heavy atom. The number of carbonyl (C=O) groups excluding carboxylic acids is 1. The molecule has 0 bridgehead atoms. The summed E-state index contributed by atoms with van der Waals surface area (Å²) >= 11 is 0. The summed E-state index contributed by atoms with van der Waals surface area (Å²) in [5.41, 5.74) is 0.243. The van der Waals surface area contributed by atoms with Gasteiger partial charge >= 0.3 is 0 Å². The number of hydrogen-bond acceptors (Lipinski definition) is 3. The van der Waals surface area contributed by atoms with Crippen LogP contribution in [0.25, 0.3) is 11.0 Å². The van der Waals surface area contributed by atoms with Gasteiger partial charge in [-0.1, -0.05) is 18.2 Å². The monoisotopic (exact) mass is 247 g/mol. The second-order valence-electron chi connectivity index (χ2n) is 4.96. The van der Waals surface area contributed by atoms with Gasteiger partial charge in [0, 0.05) is 17.5 Å². The molecule has 0 aliphatic carbocycles. The van der Waals surface area contributed by atoms with E-state index < -0.39 is 5.54 Å². The molecule has 0 fully saturated rings. The Balaban J connectivity index is 2.18. The number of furan rings is 1. The van der Waals surface area contributed by atoms with Gasteiger partial charge in [0.05, 0.1) is 0 Å². The van der Waals surface area contributed by atoms with E-state index in [-0.39, 0.29) is 12.5 Å². The number of hydrogen-bond donors (Lipinski definition) is 2. The standard InChI is InChI=1S/C14H17NO3/c1-14(2,7-8-16)15-13(17)12-9-10-5-3-4-6-11(10)18-12/h3-6,9,16H,7-8H2,1-2H3,(H,15,17). The Morgan fingerprint density at radius 1 is 1.39 bits per heavy atom. The fourth-order valence-corrected chi connectivity index (χ4v) is 1.80. The van der Waals surface area contributed by atoms with E-state index >= 15 is 0 Å². The Labute approximate surface area is 106 Å². The lowest BCUT2D eigenvalue weighted by atomic mass is 10.0. The Morgan fingerprint density at radius 3 is 2.78 bits per heavy atom. The van der Waals surface area contributed by atoms with Gasteiger partial charge < -0.3 is 14.8 Å². The average Bonchev–Trinajstić information content (AvgIpc) is 2.71. The lowest BCUT2D eigenvalue weighted by Crippen LogP contribution is -2.43. The van der Waals surface area contributed by atoms with Crippen molar-refractivity contribution in [2.24, 2.45) is 0 Å². The van der Waals surface area contributed by atoms with Crippen molar-refractivity contribution in [3.63, 3.8) is 0 Å². The third-order valence-electron chi connectivity index (χ3n) is 2.84. The van der Waals surface area contributed by atoms with Crippen LogP contribution in [0, 0.1) is 0 Å². The van der Waals surface area contributed by atoms with Gasteiger partial charge in [-0.05, 0) is 32.4 Å². The molecule has 0 aliphatic heterocycles. The van der Waals surface area contributed by atoms with Crippen LogP contribution in [0.15, 0.2) is 34.7 Å². The molecule has 0 atom stereocenters. The first-order valence-corrected chi connectivity index (χ1v) is 5.94. The van der Waals surface area contributed by atoms with Crippen molar-refractivity contribution >= 4 is 16.9 Å². The van der Waals surface area contributed by atoms with Crippen molar-refractivity contribution in [1.82, 2.24) is 5.32 Å². The second-order valence-corrected chi connectivity index (χ2v) is 4.96. The summed E-state index contributed by atoms with van der Waals surface area (Å²) in [6, 6.07) is 9.21. The quantitative estimate of drug-likeness (QED) is 0.871. The van der Waals surface area contributed by atoms with Gasteiger partial charge in [0.25, 0.3) is 5.91 Å². The Hall–Kier alpha value is -1.81. The fraction of sp³-hybridized carbons (Fsp3) is 0.357. The van der Waals surface area contributed by atoms with Crippen molar-refractivity contribution < 1.29 is 14.3 Å². The molecule has 0 radical (unpaired) electrons. The van der Waals surface area contributed by atoms with E-state index in [0.29, 0.717) is 17.8 Å². The highest BCUT2D eigenvalue weighted by Crippen LogP contribution is 2.19. The second kappa shape index (κ2) is 4.82. The van der Waals surface area contributed by atoms with Gasteiger partial charge in [-0.25, -0.2) is 0 Å². The van der Waals surface area contributed by atoms with Crippen molar-refractivity contribution in [3.05, 3.63) is 36.1 Å². The van der Waals surface area contributed by atoms with Gasteiger partial charge in [0.2, 0.25) is 0 Å². The van der Waals surface area contributed by atoms with Gasteiger partial charge in [-0.3, -0.25) is 4.79 Å². The third-order valence-corrected chi connectivity index (χ3v) is 2.84. The third kappa shape index (κ3) is 2.71. The molecular weight excluding hydrogens is 230 g/mol. The highest BCUT2D eigenvalue weighted by molar-refractivity contribution is 5.96. The first-order valence-electron chi connectivity index (χ1n) is 5.94. The zero-order valence-corrected chi connectivity index (χ0v) is 10.6. The number of aliphatic hydroxyl groups is 1. The molecule has 4 heteroatoms. The zero-order chi connectivity index (χ0) is 13.2. The minimum absolute atomic E-state index is 0.0351. The summed E-state index contributed by atoms with van der Waals surface area (Å²) in [6.07, 6.45) is 0.499. The minimum atomic E-state index is -0.454. The normalized spacial score (nSPS) is 11.7. The summed E-state index contributed by atoms with van der Waals surface area (Å²) in [6.45, 7) is 3.76. The Kier molecular flexibility index (Phi) is 3.39. The van der Waals surface area contributed by atoms with Crippen molar-refractivity contribution in [1.29, 1.82) is 0 Å². The predicted octanol–water partition coefficient (Wildman–Crippen LogP) is 2.32. The van der Waals surface area contributed by atoms with Crippen LogP contribution < -0.4 is 5.32 Å². The van der Waals surface area contributed by atoms with Crippen LogP contribution in [0.5, 0.6) is 0 Å². The molecule has 0 aliphatic rings. The molecule has 1 aromatic heterocycles. The number of fused-ring (bicyclic) bond motifs is 1. The van der Waals surface area contributed by atoms with Crippen LogP contribution in [0.4, 0.5) is 0 Å². The van der Waals surface area contributed by atoms with Crippen molar-refractivity contribution in [3.8, 4) is 0 Å². The van der Waals surface area contributed by atoms with E-state index in [4.69, 9.17) is 9.52 Å². The smallest absolute Gasteiger partial charge is 0.287 e. The van der Waals surface area contributed by atoms with Crippen LogP contribution in [0.3, 0.4) is 0 Å². The zero-order valence-electron chi connectivity index (χ0n) is 10.6. The summed E-state index contributed by atoms with van der Waals surface area (Å²) in [7, 11) is 0. The molecule has 0 spiro atoms. The van der Waals surface area contributed by atoms with E-state index in [1.807, 2.05) is 38.1 Å². The van der Waals surface area contributed by atoms with E-state index in [9.17, 15) is 4.79 Å². The highest BCUT2D eigenvalue weighted by Gasteiger charge is 2.22. The number of benzene rings is 1. The van der Waals surface area contributed by atoms with E-state index in [1.54, 1.807) is 6.07 Å². The number of nitrogens with one attached hydrogen (secondary N) is 1. The molecule has 96 valence electrons. The number of aliphatic hydroxyl groups excluding tert-OH is 1. The summed E-state index contributed by atoms with van der Waals surface area (Å²) in [5.74, 6) is 0.0341. The Bertz CT molecular complexity index is 524. The predicted molar refractivity (Wildman–Crippen MR) is 69.5 cm³/mol. The number of amides is 1. The first kappa shape index (κ1) is 12.6. The van der Waals surface area contributed by atoms with Crippen LogP contribution in [0.2, 0.25) is 0 Å². The summed E-state index contributed by atoms with van der Waals surface area (Å²) < 4.78 is 5.48. The maximum absolute atomic E-state index is 12.0. The highest BCUT2D eigenvalue weighted by atomic mass is 16.3. The molecule has 1 heterocycles. The molecule has 0 unspecified atom stereocenters. The largest absolute Gasteiger partial charge is 0.451 e. The molecule has 18 heavy (non-hydrogen) atoms. The van der Waals surface area contributed by atoms with Crippen LogP contribution in [-0.4, -0.2) is 23.2 Å². The number of carbonyl (C=O) groups is 1. The maximum Gasteiger partial charge on any atom is 0.287 e. The van der Waals surface area contributed by atoms with Gasteiger partial charge in [0.15, 0.2) is 5.76 Å². The molecule has 4 nitrogen and oxygen atoms in total. The molecular formula is C14H17NO3. The topological polar surface area (TPSA) is 62.5 Å². The molecule has 0 saturated heterocycles. The van der Waals surface area contributed by atoms with E-state index in [0.717, 1.165) is 5.39 Å². The number of para-hydroxylation sites is 1. The average molecular weight is 247 g/mol.